The predicted octanol–water partition coefficient (Wildman–Crippen LogP) is 4.60. The SMILES string of the molecule is Clc1ccc2sc(CCNc3ccccc3)nc2c1. The molecule has 0 spiro atoms. The van der Waals surface area contributed by atoms with Crippen LogP contribution in [0.15, 0.2) is 48.5 Å². The Balaban J connectivity index is 1.65. The summed E-state index contributed by atoms with van der Waals surface area (Å²) in [7, 11) is 0. The van der Waals surface area contributed by atoms with Crippen molar-refractivity contribution in [3.63, 3.8) is 0 Å². The molecule has 0 aliphatic carbocycles. The highest BCUT2D eigenvalue weighted by Crippen LogP contribution is 2.25. The van der Waals surface area contributed by atoms with Gasteiger partial charge in [-0.15, -0.1) is 11.3 Å². The lowest BCUT2D eigenvalue weighted by atomic mass is 10.3. The number of thiazole rings is 1. The molecule has 4 heteroatoms. The monoisotopic (exact) mass is 288 g/mol. The van der Waals surface area contributed by atoms with E-state index in [1.807, 2.05) is 36.4 Å². The standard InChI is InChI=1S/C15H13ClN2S/c16-11-6-7-14-13(10-11)18-15(19-14)8-9-17-12-4-2-1-3-5-12/h1-7,10,17H,8-9H2. The second-order valence-electron chi connectivity index (χ2n) is 4.26. The quantitative estimate of drug-likeness (QED) is 0.759. The highest BCUT2D eigenvalue weighted by Gasteiger charge is 2.04. The number of aromatic nitrogens is 1. The van der Waals surface area contributed by atoms with Crippen LogP contribution in [0.3, 0.4) is 0 Å². The Hall–Kier alpha value is -1.58. The second kappa shape index (κ2) is 5.59. The zero-order valence-corrected chi connectivity index (χ0v) is 11.8. The lowest BCUT2D eigenvalue weighted by Gasteiger charge is -2.03. The topological polar surface area (TPSA) is 24.9 Å². The van der Waals surface area contributed by atoms with E-state index in [-0.39, 0.29) is 0 Å². The molecule has 19 heavy (non-hydrogen) atoms. The van der Waals surface area contributed by atoms with Gasteiger partial charge in [0.05, 0.1) is 15.2 Å². The fourth-order valence-corrected chi connectivity index (χ4v) is 3.04. The third-order valence-corrected chi connectivity index (χ3v) is 4.17. The summed E-state index contributed by atoms with van der Waals surface area (Å²) < 4.78 is 1.19. The molecule has 2 aromatic carbocycles. The van der Waals surface area contributed by atoms with E-state index in [2.05, 4.69) is 22.4 Å². The Kier molecular flexibility index (Phi) is 3.67. The summed E-state index contributed by atoms with van der Waals surface area (Å²) in [4.78, 5) is 4.60. The fraction of sp³-hybridized carbons (Fsp3) is 0.133. The number of hydrogen-bond donors (Lipinski definition) is 1. The van der Waals surface area contributed by atoms with Gasteiger partial charge in [-0.1, -0.05) is 29.8 Å². The van der Waals surface area contributed by atoms with E-state index < -0.39 is 0 Å². The highest BCUT2D eigenvalue weighted by atomic mass is 35.5. The molecule has 0 unspecified atom stereocenters. The molecule has 96 valence electrons. The number of para-hydroxylation sites is 1. The van der Waals surface area contributed by atoms with Crippen molar-refractivity contribution in [2.24, 2.45) is 0 Å². The Morgan fingerprint density at radius 2 is 1.95 bits per heavy atom. The van der Waals surface area contributed by atoms with Crippen LogP contribution in [0.2, 0.25) is 5.02 Å². The highest BCUT2D eigenvalue weighted by molar-refractivity contribution is 7.18. The Bertz CT molecular complexity index is 679. The van der Waals surface area contributed by atoms with Crippen LogP contribution in [-0.2, 0) is 6.42 Å². The van der Waals surface area contributed by atoms with Crippen LogP contribution in [0.1, 0.15) is 5.01 Å². The summed E-state index contributed by atoms with van der Waals surface area (Å²) in [5.74, 6) is 0. The molecular weight excluding hydrogens is 276 g/mol. The molecule has 1 heterocycles. The number of nitrogens with one attached hydrogen (secondary N) is 1. The van der Waals surface area contributed by atoms with E-state index in [0.29, 0.717) is 0 Å². The van der Waals surface area contributed by atoms with Crippen LogP contribution in [-0.4, -0.2) is 11.5 Å². The van der Waals surface area contributed by atoms with Gasteiger partial charge < -0.3 is 5.32 Å². The van der Waals surface area contributed by atoms with Crippen molar-refractivity contribution in [1.29, 1.82) is 0 Å². The maximum absolute atomic E-state index is 5.96. The van der Waals surface area contributed by atoms with Gasteiger partial charge >= 0.3 is 0 Å². The van der Waals surface area contributed by atoms with E-state index in [0.717, 1.165) is 34.2 Å². The molecule has 0 aliphatic heterocycles. The Morgan fingerprint density at radius 1 is 1.11 bits per heavy atom. The van der Waals surface area contributed by atoms with Crippen LogP contribution in [0, 0.1) is 0 Å². The number of halogens is 1. The van der Waals surface area contributed by atoms with Crippen molar-refractivity contribution in [2.45, 2.75) is 6.42 Å². The molecule has 1 N–H and O–H groups in total. The molecule has 0 bridgehead atoms. The zero-order chi connectivity index (χ0) is 13.1. The first-order chi connectivity index (χ1) is 9.31. The summed E-state index contributed by atoms with van der Waals surface area (Å²) >= 11 is 7.70. The predicted molar refractivity (Wildman–Crippen MR) is 83.3 cm³/mol. The zero-order valence-electron chi connectivity index (χ0n) is 10.3. The molecule has 0 amide bonds. The first kappa shape index (κ1) is 12.5. The molecule has 0 aliphatic rings. The smallest absolute Gasteiger partial charge is 0.0956 e. The van der Waals surface area contributed by atoms with Crippen LogP contribution in [0.4, 0.5) is 5.69 Å². The number of rotatable bonds is 4. The number of anilines is 1. The van der Waals surface area contributed by atoms with Crippen molar-refractivity contribution in [2.75, 3.05) is 11.9 Å². The molecule has 3 rings (SSSR count). The first-order valence-electron chi connectivity index (χ1n) is 6.15. The van der Waals surface area contributed by atoms with Crippen molar-refractivity contribution < 1.29 is 0 Å². The van der Waals surface area contributed by atoms with Crippen LogP contribution in [0.25, 0.3) is 10.2 Å². The molecule has 1 aromatic heterocycles. The Morgan fingerprint density at radius 3 is 2.79 bits per heavy atom. The maximum Gasteiger partial charge on any atom is 0.0956 e. The van der Waals surface area contributed by atoms with Gasteiger partial charge in [0.1, 0.15) is 0 Å². The maximum atomic E-state index is 5.96. The third kappa shape index (κ3) is 3.06. The third-order valence-electron chi connectivity index (χ3n) is 2.84. The normalized spacial score (nSPS) is 10.8. The summed E-state index contributed by atoms with van der Waals surface area (Å²) in [6.07, 6.45) is 0.922. The van der Waals surface area contributed by atoms with Crippen molar-refractivity contribution in [1.82, 2.24) is 4.98 Å². The second-order valence-corrected chi connectivity index (χ2v) is 5.81. The number of hydrogen-bond acceptors (Lipinski definition) is 3. The Labute approximate surface area is 121 Å². The molecule has 3 aromatic rings. The lowest BCUT2D eigenvalue weighted by molar-refractivity contribution is 1.00. The first-order valence-corrected chi connectivity index (χ1v) is 7.34. The molecular formula is C15H13ClN2S. The molecule has 0 fully saturated rings. The number of fused-ring (bicyclic) bond motifs is 1. The lowest BCUT2D eigenvalue weighted by Crippen LogP contribution is -2.04. The molecule has 0 radical (unpaired) electrons. The number of nitrogens with zero attached hydrogens (tertiary/aromatic N) is 1. The minimum Gasteiger partial charge on any atom is -0.385 e. The van der Waals surface area contributed by atoms with Crippen molar-refractivity contribution in [3.8, 4) is 0 Å². The van der Waals surface area contributed by atoms with Gasteiger partial charge in [0.25, 0.3) is 0 Å². The molecule has 2 nitrogen and oxygen atoms in total. The van der Waals surface area contributed by atoms with Gasteiger partial charge in [-0.05, 0) is 30.3 Å². The summed E-state index contributed by atoms with van der Waals surface area (Å²) in [6, 6.07) is 16.1. The molecule has 0 saturated heterocycles. The average Bonchev–Trinajstić information content (AvgIpc) is 2.82. The van der Waals surface area contributed by atoms with E-state index >= 15 is 0 Å². The summed E-state index contributed by atoms with van der Waals surface area (Å²) in [6.45, 7) is 0.886. The van der Waals surface area contributed by atoms with Gasteiger partial charge in [0, 0.05) is 23.7 Å². The fourth-order valence-electron chi connectivity index (χ4n) is 1.93. The van der Waals surface area contributed by atoms with Crippen LogP contribution in [0.5, 0.6) is 0 Å². The van der Waals surface area contributed by atoms with E-state index in [4.69, 9.17) is 11.6 Å². The van der Waals surface area contributed by atoms with Gasteiger partial charge in [0.2, 0.25) is 0 Å². The van der Waals surface area contributed by atoms with E-state index in [1.54, 1.807) is 11.3 Å². The number of benzene rings is 2. The molecule has 0 saturated carbocycles. The summed E-state index contributed by atoms with van der Waals surface area (Å²) in [5, 5.41) is 5.27. The van der Waals surface area contributed by atoms with Gasteiger partial charge in [-0.3, -0.25) is 0 Å². The largest absolute Gasteiger partial charge is 0.385 e. The summed E-state index contributed by atoms with van der Waals surface area (Å²) in [5.41, 5.74) is 2.14. The van der Waals surface area contributed by atoms with Gasteiger partial charge in [0.15, 0.2) is 0 Å². The van der Waals surface area contributed by atoms with E-state index in [9.17, 15) is 0 Å². The van der Waals surface area contributed by atoms with Crippen LogP contribution >= 0.6 is 22.9 Å². The van der Waals surface area contributed by atoms with E-state index in [1.165, 1.54) is 4.70 Å². The average molecular weight is 289 g/mol. The molecule has 0 atom stereocenters. The van der Waals surface area contributed by atoms with Crippen molar-refractivity contribution >= 4 is 38.8 Å². The van der Waals surface area contributed by atoms with Crippen molar-refractivity contribution in [3.05, 3.63) is 58.6 Å². The van der Waals surface area contributed by atoms with Gasteiger partial charge in [-0.2, -0.15) is 0 Å². The van der Waals surface area contributed by atoms with Gasteiger partial charge in [-0.25, -0.2) is 4.98 Å². The minimum absolute atomic E-state index is 0.742. The minimum atomic E-state index is 0.742. The van der Waals surface area contributed by atoms with Crippen LogP contribution < -0.4 is 5.32 Å².